The fourth-order valence-electron chi connectivity index (χ4n) is 2.33. The Morgan fingerprint density at radius 3 is 2.36 bits per heavy atom. The summed E-state index contributed by atoms with van der Waals surface area (Å²) in [7, 11) is 0. The van der Waals surface area contributed by atoms with Crippen molar-refractivity contribution >= 4 is 23.2 Å². The Bertz CT molecular complexity index is 678. The molecule has 114 valence electrons. The average molecular weight is 296 g/mol. The van der Waals surface area contributed by atoms with Crippen LogP contribution in [0.3, 0.4) is 0 Å². The van der Waals surface area contributed by atoms with Crippen molar-refractivity contribution in [2.75, 3.05) is 10.6 Å². The molecule has 5 nitrogen and oxygen atoms in total. The minimum Gasteiger partial charge on any atom is -0.339 e. The number of hydrogen-bond donors (Lipinski definition) is 2. The zero-order valence-electron chi connectivity index (χ0n) is 12.9. The summed E-state index contributed by atoms with van der Waals surface area (Å²) in [6.45, 7) is 4.16. The summed E-state index contributed by atoms with van der Waals surface area (Å²) in [5.74, 6) is 1.36. The van der Waals surface area contributed by atoms with Crippen LogP contribution in [0.1, 0.15) is 30.4 Å². The Hall–Kier alpha value is -2.43. The smallest absolute Gasteiger partial charge is 0.228 e. The predicted molar refractivity (Wildman–Crippen MR) is 87.2 cm³/mol. The zero-order valence-corrected chi connectivity index (χ0v) is 12.9. The summed E-state index contributed by atoms with van der Waals surface area (Å²) >= 11 is 0. The Morgan fingerprint density at radius 1 is 1.05 bits per heavy atom. The molecule has 0 atom stereocenters. The molecular formula is C17H20N4O. The van der Waals surface area contributed by atoms with Crippen molar-refractivity contribution in [3.63, 3.8) is 0 Å². The van der Waals surface area contributed by atoms with Gasteiger partial charge in [-0.15, -0.1) is 10.2 Å². The van der Waals surface area contributed by atoms with Gasteiger partial charge in [0, 0.05) is 11.6 Å². The molecule has 5 heteroatoms. The highest BCUT2D eigenvalue weighted by Crippen LogP contribution is 2.27. The van der Waals surface area contributed by atoms with Gasteiger partial charge >= 0.3 is 0 Å². The van der Waals surface area contributed by atoms with E-state index in [4.69, 9.17) is 0 Å². The summed E-state index contributed by atoms with van der Waals surface area (Å²) < 4.78 is 0. The van der Waals surface area contributed by atoms with Crippen LogP contribution in [0.4, 0.5) is 17.3 Å². The molecule has 1 aliphatic rings. The second kappa shape index (κ2) is 6.13. The number of rotatable bonds is 4. The molecule has 1 heterocycles. The van der Waals surface area contributed by atoms with E-state index in [2.05, 4.69) is 46.8 Å². The molecule has 1 aromatic carbocycles. The number of aromatic nitrogens is 2. The van der Waals surface area contributed by atoms with Crippen LogP contribution in [0.15, 0.2) is 30.3 Å². The summed E-state index contributed by atoms with van der Waals surface area (Å²) in [5.41, 5.74) is 3.46. The summed E-state index contributed by atoms with van der Waals surface area (Å²) in [6, 6.07) is 9.74. The van der Waals surface area contributed by atoms with Crippen molar-refractivity contribution in [1.29, 1.82) is 0 Å². The van der Waals surface area contributed by atoms with Crippen LogP contribution < -0.4 is 10.6 Å². The van der Waals surface area contributed by atoms with Gasteiger partial charge in [0.15, 0.2) is 11.6 Å². The first-order chi connectivity index (χ1) is 10.6. The van der Waals surface area contributed by atoms with Crippen LogP contribution in [0.5, 0.6) is 0 Å². The van der Waals surface area contributed by atoms with Gasteiger partial charge in [-0.3, -0.25) is 4.79 Å². The maximum atomic E-state index is 11.8. The van der Waals surface area contributed by atoms with Crippen LogP contribution in [0, 0.1) is 19.8 Å². The second-order valence-corrected chi connectivity index (χ2v) is 5.84. The molecule has 1 amide bonds. The summed E-state index contributed by atoms with van der Waals surface area (Å²) in [4.78, 5) is 11.8. The predicted octanol–water partition coefficient (Wildman–Crippen LogP) is 3.58. The molecule has 1 aliphatic carbocycles. The Balaban J connectivity index is 1.63. The van der Waals surface area contributed by atoms with Gasteiger partial charge in [-0.05, 0) is 62.1 Å². The first-order valence-electron chi connectivity index (χ1n) is 7.61. The van der Waals surface area contributed by atoms with Gasteiger partial charge in [0.1, 0.15) is 0 Å². The number of nitrogens with zero attached hydrogens (tertiary/aromatic N) is 2. The quantitative estimate of drug-likeness (QED) is 0.905. The average Bonchev–Trinajstić information content (AvgIpc) is 2.43. The van der Waals surface area contributed by atoms with Crippen LogP contribution in [0.25, 0.3) is 0 Å². The largest absolute Gasteiger partial charge is 0.339 e. The number of carbonyl (C=O) groups is 1. The maximum absolute atomic E-state index is 11.8. The fraction of sp³-hybridized carbons (Fsp3) is 0.353. The number of anilines is 3. The van der Waals surface area contributed by atoms with Gasteiger partial charge < -0.3 is 10.6 Å². The maximum Gasteiger partial charge on any atom is 0.228 e. The van der Waals surface area contributed by atoms with E-state index in [-0.39, 0.29) is 11.8 Å². The lowest BCUT2D eigenvalue weighted by molar-refractivity contribution is -0.122. The number of benzene rings is 1. The van der Waals surface area contributed by atoms with E-state index in [1.165, 1.54) is 11.1 Å². The third-order valence-corrected chi connectivity index (χ3v) is 4.17. The van der Waals surface area contributed by atoms with Crippen molar-refractivity contribution in [2.24, 2.45) is 5.92 Å². The highest BCUT2D eigenvalue weighted by molar-refractivity contribution is 5.92. The van der Waals surface area contributed by atoms with Gasteiger partial charge in [0.05, 0.1) is 0 Å². The van der Waals surface area contributed by atoms with Gasteiger partial charge in [-0.25, -0.2) is 0 Å². The van der Waals surface area contributed by atoms with E-state index < -0.39 is 0 Å². The third-order valence-electron chi connectivity index (χ3n) is 4.17. The molecule has 1 saturated carbocycles. The Labute approximate surface area is 130 Å². The van der Waals surface area contributed by atoms with Crippen LogP contribution in [0.2, 0.25) is 0 Å². The van der Waals surface area contributed by atoms with Crippen molar-refractivity contribution in [1.82, 2.24) is 10.2 Å². The fourth-order valence-corrected chi connectivity index (χ4v) is 2.33. The molecule has 22 heavy (non-hydrogen) atoms. The lowest BCUT2D eigenvalue weighted by Gasteiger charge is -2.23. The SMILES string of the molecule is Cc1ccc(Nc2ccc(NC(=O)C3CCC3)nn2)cc1C. The first-order valence-corrected chi connectivity index (χ1v) is 7.61. The van der Waals surface area contributed by atoms with Crippen LogP contribution >= 0.6 is 0 Å². The highest BCUT2D eigenvalue weighted by atomic mass is 16.2. The number of nitrogens with one attached hydrogen (secondary N) is 2. The highest BCUT2D eigenvalue weighted by Gasteiger charge is 2.25. The minimum atomic E-state index is 0.0513. The number of aryl methyl sites for hydroxylation is 2. The van der Waals surface area contributed by atoms with Gasteiger partial charge in [0.2, 0.25) is 5.91 Å². The number of amides is 1. The van der Waals surface area contributed by atoms with Crippen molar-refractivity contribution in [3.05, 3.63) is 41.5 Å². The summed E-state index contributed by atoms with van der Waals surface area (Å²) in [6.07, 6.45) is 3.10. The molecule has 1 aromatic heterocycles. The zero-order chi connectivity index (χ0) is 15.5. The molecule has 0 saturated heterocycles. The van der Waals surface area contributed by atoms with E-state index in [9.17, 15) is 4.79 Å². The number of hydrogen-bond acceptors (Lipinski definition) is 4. The van der Waals surface area contributed by atoms with Crippen molar-refractivity contribution in [2.45, 2.75) is 33.1 Å². The molecule has 2 N–H and O–H groups in total. The second-order valence-electron chi connectivity index (χ2n) is 5.84. The lowest BCUT2D eigenvalue weighted by Crippen LogP contribution is -2.28. The van der Waals surface area contributed by atoms with Gasteiger partial charge in [-0.1, -0.05) is 12.5 Å². The van der Waals surface area contributed by atoms with Crippen molar-refractivity contribution < 1.29 is 4.79 Å². The monoisotopic (exact) mass is 296 g/mol. The molecule has 0 radical (unpaired) electrons. The molecule has 1 fully saturated rings. The molecule has 0 aliphatic heterocycles. The topological polar surface area (TPSA) is 66.9 Å². The number of carbonyl (C=O) groups excluding carboxylic acids is 1. The Morgan fingerprint density at radius 2 is 1.77 bits per heavy atom. The molecule has 0 spiro atoms. The first kappa shape index (κ1) is 14.5. The normalized spacial score (nSPS) is 14.3. The standard InChI is InChI=1S/C17H20N4O/c1-11-6-7-14(10-12(11)2)18-15-8-9-16(21-20-15)19-17(22)13-4-3-5-13/h6-10,13H,3-5H2,1-2H3,(H,18,20)(H,19,21,22). The minimum absolute atomic E-state index is 0.0513. The molecular weight excluding hydrogens is 276 g/mol. The Kier molecular flexibility index (Phi) is 4.04. The molecule has 3 rings (SSSR count). The van der Waals surface area contributed by atoms with E-state index in [0.29, 0.717) is 11.6 Å². The summed E-state index contributed by atoms with van der Waals surface area (Å²) in [5, 5.41) is 14.2. The molecule has 2 aromatic rings. The van der Waals surface area contributed by atoms with Crippen LogP contribution in [-0.2, 0) is 4.79 Å². The van der Waals surface area contributed by atoms with Crippen molar-refractivity contribution in [3.8, 4) is 0 Å². The third kappa shape index (κ3) is 3.24. The van der Waals surface area contributed by atoms with Gasteiger partial charge in [-0.2, -0.15) is 0 Å². The lowest BCUT2D eigenvalue weighted by atomic mass is 9.85. The molecule has 0 unspecified atom stereocenters. The molecule has 0 bridgehead atoms. The van der Waals surface area contributed by atoms with E-state index in [1.807, 2.05) is 12.1 Å². The van der Waals surface area contributed by atoms with Gasteiger partial charge in [0.25, 0.3) is 0 Å². The van der Waals surface area contributed by atoms with E-state index in [0.717, 1.165) is 24.9 Å². The van der Waals surface area contributed by atoms with Crippen LogP contribution in [-0.4, -0.2) is 16.1 Å². The van der Waals surface area contributed by atoms with E-state index in [1.54, 1.807) is 6.07 Å². The van der Waals surface area contributed by atoms with E-state index >= 15 is 0 Å².